The molecule has 6 nitrogen and oxygen atoms in total. The van der Waals surface area contributed by atoms with Gasteiger partial charge in [-0.1, -0.05) is 248 Å². The summed E-state index contributed by atoms with van der Waals surface area (Å²) in [5, 5.41) is 0. The second-order valence-corrected chi connectivity index (χ2v) is 19.2. The van der Waals surface area contributed by atoms with Gasteiger partial charge in [-0.15, -0.1) is 0 Å². The molecule has 0 bridgehead atoms. The van der Waals surface area contributed by atoms with E-state index in [1.165, 1.54) is 141 Å². The van der Waals surface area contributed by atoms with Crippen LogP contribution in [0.25, 0.3) is 0 Å². The standard InChI is InChI=1S/C62H108O6/c1-4-7-10-13-16-18-20-22-24-26-27-28-29-30-31-32-33-34-35-37-38-40-42-44-46-49-52-55-61(64)67-58-59(57-66-60(63)54-51-48-15-12-9-6-3)68-62(65)56-53-50-47-45-43-41-39-36-25-23-21-19-17-14-11-8-5-2/h8,11,17,19-20,22-23,25-27,39,41,59H,4-7,9-10,12-16,18,21,24,28-38,40,42-58H2,1-3H3/b11-8-,19-17-,22-20-,25-23-,27-26-,41-39-. The molecule has 6 heteroatoms. The number of carbonyl (C=O) groups excluding carboxylic acids is 3. The molecule has 0 radical (unpaired) electrons. The number of carbonyl (C=O) groups is 3. The number of esters is 3. The Kier molecular flexibility index (Phi) is 53.8. The van der Waals surface area contributed by atoms with Crippen LogP contribution in [0.5, 0.6) is 0 Å². The first-order valence-electron chi connectivity index (χ1n) is 28.9. The lowest BCUT2D eigenvalue weighted by molar-refractivity contribution is -0.167. The number of allylic oxidation sites excluding steroid dienone is 12. The molecule has 0 N–H and O–H groups in total. The zero-order chi connectivity index (χ0) is 49.3. The van der Waals surface area contributed by atoms with E-state index in [0.29, 0.717) is 19.3 Å². The Balaban J connectivity index is 4.10. The van der Waals surface area contributed by atoms with Gasteiger partial charge in [-0.05, 0) is 89.9 Å². The van der Waals surface area contributed by atoms with Crippen LogP contribution in [0.1, 0.15) is 284 Å². The normalized spacial score (nSPS) is 12.6. The Morgan fingerprint density at radius 3 is 0.897 bits per heavy atom. The molecule has 1 unspecified atom stereocenters. The molecule has 0 heterocycles. The number of ether oxygens (including phenoxy) is 3. The van der Waals surface area contributed by atoms with Crippen LogP contribution in [0.3, 0.4) is 0 Å². The molecule has 0 saturated carbocycles. The Labute approximate surface area is 421 Å². The maximum atomic E-state index is 12.8. The number of hydrogen-bond acceptors (Lipinski definition) is 6. The zero-order valence-electron chi connectivity index (χ0n) is 44.9. The topological polar surface area (TPSA) is 78.9 Å². The first-order valence-corrected chi connectivity index (χ1v) is 28.9. The molecule has 0 aromatic heterocycles. The lowest BCUT2D eigenvalue weighted by Gasteiger charge is -2.18. The number of unbranched alkanes of at least 4 members (excludes halogenated alkanes) is 29. The molecule has 0 saturated heterocycles. The number of rotatable bonds is 52. The van der Waals surface area contributed by atoms with E-state index in [1.807, 2.05) is 0 Å². The fourth-order valence-electron chi connectivity index (χ4n) is 8.11. The van der Waals surface area contributed by atoms with E-state index in [0.717, 1.165) is 103 Å². The third-order valence-corrected chi connectivity index (χ3v) is 12.4. The second kappa shape index (κ2) is 56.4. The molecule has 0 aromatic carbocycles. The monoisotopic (exact) mass is 949 g/mol. The molecule has 0 rings (SSSR count). The summed E-state index contributed by atoms with van der Waals surface area (Å²) in [5.41, 5.74) is 0. The van der Waals surface area contributed by atoms with E-state index in [1.54, 1.807) is 0 Å². The molecule has 392 valence electrons. The second-order valence-electron chi connectivity index (χ2n) is 19.2. The van der Waals surface area contributed by atoms with Crippen molar-refractivity contribution in [2.24, 2.45) is 0 Å². The molecule has 68 heavy (non-hydrogen) atoms. The summed E-state index contributed by atoms with van der Waals surface area (Å²) in [5.74, 6) is -0.912. The molecule has 0 aliphatic carbocycles. The van der Waals surface area contributed by atoms with Gasteiger partial charge in [0.15, 0.2) is 6.10 Å². The van der Waals surface area contributed by atoms with Gasteiger partial charge in [-0.2, -0.15) is 0 Å². The smallest absolute Gasteiger partial charge is 0.306 e. The largest absolute Gasteiger partial charge is 0.462 e. The van der Waals surface area contributed by atoms with E-state index in [4.69, 9.17) is 14.2 Å². The minimum atomic E-state index is -0.784. The lowest BCUT2D eigenvalue weighted by Crippen LogP contribution is -2.30. The van der Waals surface area contributed by atoms with Gasteiger partial charge in [0.25, 0.3) is 0 Å². The van der Waals surface area contributed by atoms with Crippen LogP contribution in [0.2, 0.25) is 0 Å². The van der Waals surface area contributed by atoms with E-state index in [-0.39, 0.29) is 31.1 Å². The van der Waals surface area contributed by atoms with E-state index >= 15 is 0 Å². The summed E-state index contributed by atoms with van der Waals surface area (Å²) in [6, 6.07) is 0. The molecule has 0 aromatic rings. The average Bonchev–Trinajstić information content (AvgIpc) is 3.34. The summed E-state index contributed by atoms with van der Waals surface area (Å²) in [6.45, 7) is 6.45. The minimum Gasteiger partial charge on any atom is -0.462 e. The maximum Gasteiger partial charge on any atom is 0.306 e. The number of hydrogen-bond donors (Lipinski definition) is 0. The minimum absolute atomic E-state index is 0.0839. The highest BCUT2D eigenvalue weighted by atomic mass is 16.6. The predicted octanol–water partition coefficient (Wildman–Crippen LogP) is 19.4. The molecular weight excluding hydrogens is 841 g/mol. The van der Waals surface area contributed by atoms with Crippen molar-refractivity contribution in [3.05, 3.63) is 72.9 Å². The fourth-order valence-corrected chi connectivity index (χ4v) is 8.11. The average molecular weight is 950 g/mol. The van der Waals surface area contributed by atoms with Crippen molar-refractivity contribution < 1.29 is 28.6 Å². The van der Waals surface area contributed by atoms with Crippen LogP contribution < -0.4 is 0 Å². The molecule has 0 aliphatic rings. The van der Waals surface area contributed by atoms with Crippen LogP contribution >= 0.6 is 0 Å². The van der Waals surface area contributed by atoms with Gasteiger partial charge in [0.1, 0.15) is 13.2 Å². The van der Waals surface area contributed by atoms with Crippen molar-refractivity contribution in [3.8, 4) is 0 Å². The predicted molar refractivity (Wildman–Crippen MR) is 293 cm³/mol. The first kappa shape index (κ1) is 64.8. The third-order valence-electron chi connectivity index (χ3n) is 12.4. The summed E-state index contributed by atoms with van der Waals surface area (Å²) >= 11 is 0. The van der Waals surface area contributed by atoms with E-state index in [9.17, 15) is 14.4 Å². The van der Waals surface area contributed by atoms with Crippen molar-refractivity contribution in [2.45, 2.75) is 290 Å². The van der Waals surface area contributed by atoms with Gasteiger partial charge in [0.2, 0.25) is 0 Å². The van der Waals surface area contributed by atoms with Gasteiger partial charge >= 0.3 is 17.9 Å². The van der Waals surface area contributed by atoms with Crippen LogP contribution in [-0.4, -0.2) is 37.2 Å². The molecule has 0 spiro atoms. The van der Waals surface area contributed by atoms with E-state index in [2.05, 4.69) is 93.7 Å². The summed E-state index contributed by atoms with van der Waals surface area (Å²) < 4.78 is 16.7. The van der Waals surface area contributed by atoms with Crippen molar-refractivity contribution in [1.29, 1.82) is 0 Å². The SMILES string of the molecule is CC/C=C\C/C=C\C/C=C\C/C=C\CCCCCCC(=O)OC(COC(=O)CCCCCCCC)COC(=O)CCCCCCCCCCCCCCCCC/C=C\C/C=C\CCCCCCC. The highest BCUT2D eigenvalue weighted by Crippen LogP contribution is 2.16. The van der Waals surface area contributed by atoms with Crippen molar-refractivity contribution >= 4 is 17.9 Å². The highest BCUT2D eigenvalue weighted by molar-refractivity contribution is 5.71. The lowest BCUT2D eigenvalue weighted by atomic mass is 10.0. The van der Waals surface area contributed by atoms with Crippen molar-refractivity contribution in [2.75, 3.05) is 13.2 Å². The van der Waals surface area contributed by atoms with E-state index < -0.39 is 6.10 Å². The molecular formula is C62H108O6. The van der Waals surface area contributed by atoms with Crippen molar-refractivity contribution in [3.63, 3.8) is 0 Å². The van der Waals surface area contributed by atoms with Gasteiger partial charge < -0.3 is 14.2 Å². The quantitative estimate of drug-likeness (QED) is 0.0262. The highest BCUT2D eigenvalue weighted by Gasteiger charge is 2.19. The van der Waals surface area contributed by atoms with Crippen LogP contribution in [-0.2, 0) is 28.6 Å². The van der Waals surface area contributed by atoms with Gasteiger partial charge in [0.05, 0.1) is 0 Å². The third kappa shape index (κ3) is 53.8. The van der Waals surface area contributed by atoms with Crippen LogP contribution in [0.4, 0.5) is 0 Å². The zero-order valence-corrected chi connectivity index (χ0v) is 44.9. The molecule has 1 atom stereocenters. The summed E-state index contributed by atoms with van der Waals surface area (Å²) in [4.78, 5) is 37.9. The Morgan fingerprint density at radius 1 is 0.309 bits per heavy atom. The summed E-state index contributed by atoms with van der Waals surface area (Å²) in [6.07, 6.45) is 72.2. The van der Waals surface area contributed by atoms with Gasteiger partial charge in [0, 0.05) is 19.3 Å². The maximum absolute atomic E-state index is 12.8. The Morgan fingerprint density at radius 2 is 0.574 bits per heavy atom. The van der Waals surface area contributed by atoms with Crippen LogP contribution in [0.15, 0.2) is 72.9 Å². The molecule has 0 fully saturated rings. The van der Waals surface area contributed by atoms with Crippen molar-refractivity contribution in [1.82, 2.24) is 0 Å². The van der Waals surface area contributed by atoms with Gasteiger partial charge in [-0.3, -0.25) is 14.4 Å². The summed E-state index contributed by atoms with van der Waals surface area (Å²) in [7, 11) is 0. The first-order chi connectivity index (χ1) is 33.5. The Bertz CT molecular complexity index is 1270. The Hall–Kier alpha value is -3.15. The van der Waals surface area contributed by atoms with Crippen LogP contribution in [0, 0.1) is 0 Å². The van der Waals surface area contributed by atoms with Gasteiger partial charge in [-0.25, -0.2) is 0 Å². The molecule has 0 amide bonds. The fraction of sp³-hybridized carbons (Fsp3) is 0.758. The molecule has 0 aliphatic heterocycles.